The highest BCUT2D eigenvalue weighted by Gasteiger charge is 2.30. The van der Waals surface area contributed by atoms with Gasteiger partial charge in [0.2, 0.25) is 15.9 Å². The van der Waals surface area contributed by atoms with Gasteiger partial charge in [-0.25, -0.2) is 13.1 Å². The minimum Gasteiger partial charge on any atom is -0.350 e. The minimum absolute atomic E-state index is 0.0493. The van der Waals surface area contributed by atoms with E-state index in [1.54, 1.807) is 6.92 Å². The van der Waals surface area contributed by atoms with Crippen LogP contribution < -0.4 is 10.0 Å². The summed E-state index contributed by atoms with van der Waals surface area (Å²) in [6.07, 6.45) is 1.59. The Labute approximate surface area is 165 Å². The highest BCUT2D eigenvalue weighted by Crippen LogP contribution is 2.27. The van der Waals surface area contributed by atoms with E-state index in [9.17, 15) is 18.0 Å². The van der Waals surface area contributed by atoms with E-state index in [0.717, 1.165) is 12.8 Å². The summed E-state index contributed by atoms with van der Waals surface area (Å²) in [5, 5.41) is 2.85. The number of benzene rings is 1. The molecule has 0 atom stereocenters. The largest absolute Gasteiger partial charge is 0.350 e. The predicted molar refractivity (Wildman–Crippen MR) is 104 cm³/mol. The van der Waals surface area contributed by atoms with Crippen molar-refractivity contribution in [1.82, 2.24) is 14.9 Å². The first-order chi connectivity index (χ1) is 12.4. The molecule has 1 aliphatic rings. The first-order valence-corrected chi connectivity index (χ1v) is 10.7. The fourth-order valence-corrected chi connectivity index (χ4v) is 4.30. The van der Waals surface area contributed by atoms with Crippen LogP contribution in [0.4, 0.5) is 0 Å². The lowest BCUT2D eigenvalue weighted by molar-refractivity contribution is -0.123. The fourth-order valence-electron chi connectivity index (χ4n) is 2.47. The molecule has 1 aromatic carbocycles. The first kappa shape index (κ1) is 21.7. The van der Waals surface area contributed by atoms with Crippen molar-refractivity contribution >= 4 is 33.4 Å². The fraction of sp³-hybridized carbons (Fsp3) is 0.556. The lowest BCUT2D eigenvalue weighted by Gasteiger charge is -2.25. The molecule has 0 radical (unpaired) electrons. The molecule has 0 saturated heterocycles. The molecule has 0 aliphatic heterocycles. The molecule has 9 heteroatoms. The summed E-state index contributed by atoms with van der Waals surface area (Å²) in [7, 11) is -3.80. The first-order valence-electron chi connectivity index (χ1n) is 8.85. The second kappa shape index (κ2) is 8.16. The van der Waals surface area contributed by atoms with Gasteiger partial charge >= 0.3 is 0 Å². The normalized spacial score (nSPS) is 14.7. The van der Waals surface area contributed by atoms with Crippen LogP contribution in [0.1, 0.15) is 50.9 Å². The van der Waals surface area contributed by atoms with Crippen molar-refractivity contribution < 1.29 is 18.0 Å². The Morgan fingerprint density at radius 1 is 1.26 bits per heavy atom. The molecule has 2 rings (SSSR count). The van der Waals surface area contributed by atoms with Crippen molar-refractivity contribution in [3.05, 3.63) is 28.8 Å². The number of hydrogen-bond acceptors (Lipinski definition) is 4. The molecule has 0 heterocycles. The number of nitrogens with zero attached hydrogens (tertiary/aromatic N) is 1. The van der Waals surface area contributed by atoms with Crippen molar-refractivity contribution in [2.24, 2.45) is 0 Å². The van der Waals surface area contributed by atoms with Crippen LogP contribution in [0.3, 0.4) is 0 Å². The SMILES string of the molecule is CCN(CC(=O)NC(C)(C)C)C(=O)c1ccc(Cl)c(S(=O)(=O)NC2CC2)c1. The van der Waals surface area contributed by atoms with Gasteiger partial charge in [-0.05, 0) is 58.7 Å². The molecular formula is C18H26ClN3O4S. The second-order valence-electron chi connectivity index (χ2n) is 7.66. The van der Waals surface area contributed by atoms with Crippen LogP contribution in [0.25, 0.3) is 0 Å². The number of hydrogen-bond donors (Lipinski definition) is 2. The van der Waals surface area contributed by atoms with Gasteiger partial charge in [0.25, 0.3) is 5.91 Å². The van der Waals surface area contributed by atoms with Crippen molar-refractivity contribution in [3.63, 3.8) is 0 Å². The van der Waals surface area contributed by atoms with Crippen LogP contribution in [0, 0.1) is 0 Å². The average Bonchev–Trinajstić information content (AvgIpc) is 3.33. The highest BCUT2D eigenvalue weighted by molar-refractivity contribution is 7.89. The molecule has 0 unspecified atom stereocenters. The van der Waals surface area contributed by atoms with Gasteiger partial charge in [-0.3, -0.25) is 9.59 Å². The van der Waals surface area contributed by atoms with Crippen LogP contribution in [-0.4, -0.2) is 49.8 Å². The molecule has 2 amide bonds. The Hall–Kier alpha value is -1.64. The number of rotatable bonds is 7. The van der Waals surface area contributed by atoms with E-state index in [1.807, 2.05) is 20.8 Å². The van der Waals surface area contributed by atoms with Crippen molar-refractivity contribution in [2.45, 2.75) is 57.0 Å². The topological polar surface area (TPSA) is 95.6 Å². The zero-order valence-electron chi connectivity index (χ0n) is 16.0. The zero-order chi connectivity index (χ0) is 20.4. The third kappa shape index (κ3) is 6.19. The maximum absolute atomic E-state index is 12.8. The predicted octanol–water partition coefficient (Wildman–Crippen LogP) is 2.16. The van der Waals surface area contributed by atoms with E-state index in [2.05, 4.69) is 10.0 Å². The van der Waals surface area contributed by atoms with Crippen LogP contribution in [0.2, 0.25) is 5.02 Å². The Morgan fingerprint density at radius 3 is 2.41 bits per heavy atom. The Kier molecular flexibility index (Phi) is 6.55. The number of amides is 2. The summed E-state index contributed by atoms with van der Waals surface area (Å²) in [6.45, 7) is 7.51. The Morgan fingerprint density at radius 2 is 1.89 bits per heavy atom. The molecular weight excluding hydrogens is 390 g/mol. The van der Waals surface area contributed by atoms with Crippen LogP contribution in [-0.2, 0) is 14.8 Å². The summed E-state index contributed by atoms with van der Waals surface area (Å²) >= 11 is 6.05. The number of likely N-dealkylation sites (N-methyl/N-ethyl adjacent to an activating group) is 1. The standard InChI is InChI=1S/C18H26ClN3O4S/c1-5-22(11-16(23)20-18(2,3)4)17(24)12-6-9-14(19)15(10-12)27(25,26)21-13-7-8-13/h6,9-10,13,21H,5,7-8,11H2,1-4H3,(H,20,23). The molecule has 1 aromatic rings. The molecule has 0 aromatic heterocycles. The van der Waals surface area contributed by atoms with E-state index in [1.165, 1.54) is 23.1 Å². The summed E-state index contributed by atoms with van der Waals surface area (Å²) in [6, 6.07) is 4.04. The van der Waals surface area contributed by atoms with Gasteiger partial charge in [0, 0.05) is 23.7 Å². The molecule has 150 valence electrons. The van der Waals surface area contributed by atoms with Gasteiger partial charge in [-0.15, -0.1) is 0 Å². The third-order valence-electron chi connectivity index (χ3n) is 3.88. The maximum atomic E-state index is 12.8. The molecule has 2 N–H and O–H groups in total. The number of nitrogens with one attached hydrogen (secondary N) is 2. The zero-order valence-corrected chi connectivity index (χ0v) is 17.6. The van der Waals surface area contributed by atoms with Crippen LogP contribution in [0.5, 0.6) is 0 Å². The summed E-state index contributed by atoms with van der Waals surface area (Å²) in [5.41, 5.74) is -0.240. The molecule has 0 spiro atoms. The smallest absolute Gasteiger partial charge is 0.254 e. The van der Waals surface area contributed by atoms with Crippen molar-refractivity contribution in [2.75, 3.05) is 13.1 Å². The van der Waals surface area contributed by atoms with Gasteiger partial charge in [0.05, 0.1) is 11.6 Å². The number of carbonyl (C=O) groups is 2. The summed E-state index contributed by atoms with van der Waals surface area (Å²) < 4.78 is 27.5. The van der Waals surface area contributed by atoms with Crippen molar-refractivity contribution in [1.29, 1.82) is 0 Å². The third-order valence-corrected chi connectivity index (χ3v) is 5.89. The molecule has 1 saturated carbocycles. The number of carbonyl (C=O) groups excluding carboxylic acids is 2. The van der Waals surface area contributed by atoms with E-state index in [4.69, 9.17) is 11.6 Å². The molecule has 27 heavy (non-hydrogen) atoms. The van der Waals surface area contributed by atoms with Crippen LogP contribution in [0.15, 0.2) is 23.1 Å². The van der Waals surface area contributed by atoms with E-state index in [0.29, 0.717) is 6.54 Å². The Balaban J connectivity index is 2.21. The number of sulfonamides is 1. The van der Waals surface area contributed by atoms with Crippen molar-refractivity contribution in [3.8, 4) is 0 Å². The molecule has 7 nitrogen and oxygen atoms in total. The lowest BCUT2D eigenvalue weighted by Crippen LogP contribution is -2.47. The monoisotopic (exact) mass is 415 g/mol. The van der Waals surface area contributed by atoms with E-state index < -0.39 is 21.5 Å². The summed E-state index contributed by atoms with van der Waals surface area (Å²) in [5.74, 6) is -0.712. The average molecular weight is 416 g/mol. The highest BCUT2D eigenvalue weighted by atomic mass is 35.5. The number of halogens is 1. The van der Waals surface area contributed by atoms with Gasteiger partial charge in [0.15, 0.2) is 0 Å². The molecule has 1 aliphatic carbocycles. The summed E-state index contributed by atoms with van der Waals surface area (Å²) in [4.78, 5) is 26.2. The molecule has 0 bridgehead atoms. The Bertz CT molecular complexity index is 829. The van der Waals surface area contributed by atoms with Gasteiger partial charge in [-0.1, -0.05) is 11.6 Å². The van der Waals surface area contributed by atoms with Gasteiger partial charge < -0.3 is 10.2 Å². The minimum atomic E-state index is -3.80. The van der Waals surface area contributed by atoms with Crippen LogP contribution >= 0.6 is 11.6 Å². The van der Waals surface area contributed by atoms with Gasteiger partial charge in [0.1, 0.15) is 4.90 Å². The maximum Gasteiger partial charge on any atom is 0.254 e. The molecule has 1 fully saturated rings. The van der Waals surface area contributed by atoms with E-state index in [-0.39, 0.29) is 34.0 Å². The second-order valence-corrected chi connectivity index (χ2v) is 9.75. The quantitative estimate of drug-likeness (QED) is 0.713. The lowest BCUT2D eigenvalue weighted by atomic mass is 10.1. The van der Waals surface area contributed by atoms with Gasteiger partial charge in [-0.2, -0.15) is 0 Å². The van der Waals surface area contributed by atoms with E-state index >= 15 is 0 Å².